The first-order chi connectivity index (χ1) is 8.13. The molecule has 0 aliphatic rings. The molecule has 5 heteroatoms. The number of ether oxygens (including phenoxy) is 1. The molecule has 3 nitrogen and oxygen atoms in total. The summed E-state index contributed by atoms with van der Waals surface area (Å²) < 4.78 is 6.23. The average molecular weight is 368 g/mol. The predicted octanol–water partition coefficient (Wildman–Crippen LogP) is 2.72. The van der Waals surface area contributed by atoms with Gasteiger partial charge in [0, 0.05) is 9.45 Å². The lowest BCUT2D eigenvalue weighted by Gasteiger charge is -2.14. The highest BCUT2D eigenvalue weighted by Crippen LogP contribution is 2.14. The molecule has 1 aromatic carbocycles. The first kappa shape index (κ1) is 14.7. The molecule has 94 valence electrons. The van der Waals surface area contributed by atoms with E-state index >= 15 is 0 Å². The predicted molar refractivity (Wildman–Crippen MR) is 77.3 cm³/mol. The van der Waals surface area contributed by atoms with Gasteiger partial charge in [0.05, 0.1) is 12.6 Å². The van der Waals surface area contributed by atoms with E-state index in [0.29, 0.717) is 12.5 Å². The van der Waals surface area contributed by atoms with E-state index in [4.69, 9.17) is 16.3 Å². The second-order valence-corrected chi connectivity index (χ2v) is 5.21. The number of carbonyl (C=O) groups is 1. The van der Waals surface area contributed by atoms with Crippen LogP contribution in [-0.2, 0) is 9.53 Å². The van der Waals surface area contributed by atoms with Crippen LogP contribution in [0, 0.1) is 3.57 Å². The van der Waals surface area contributed by atoms with Gasteiger partial charge in [0.1, 0.15) is 6.61 Å². The Bertz CT molecular complexity index is 356. The molecule has 0 saturated heterocycles. The normalized spacial score (nSPS) is 12.2. The Balaban J connectivity index is 2.40. The van der Waals surface area contributed by atoms with Crippen LogP contribution >= 0.6 is 34.2 Å². The maximum Gasteiger partial charge on any atom is 0.246 e. The summed E-state index contributed by atoms with van der Waals surface area (Å²) in [6.45, 7) is 2.40. The van der Waals surface area contributed by atoms with Crippen molar-refractivity contribution in [3.05, 3.63) is 33.4 Å². The second kappa shape index (κ2) is 7.89. The fraction of sp³-hybridized carbons (Fsp3) is 0.417. The number of hydrogen-bond donors (Lipinski definition) is 1. The van der Waals surface area contributed by atoms with E-state index in [1.807, 2.05) is 31.2 Å². The molecule has 0 saturated carbocycles. The van der Waals surface area contributed by atoms with Crippen LogP contribution in [0.2, 0.25) is 0 Å². The molecule has 1 N–H and O–H groups in total. The number of halogens is 2. The largest absolute Gasteiger partial charge is 0.370 e. The molecule has 1 atom stereocenters. The van der Waals surface area contributed by atoms with Crippen molar-refractivity contribution in [2.75, 3.05) is 19.1 Å². The lowest BCUT2D eigenvalue weighted by molar-refractivity contribution is -0.126. The smallest absolute Gasteiger partial charge is 0.246 e. The zero-order valence-corrected chi connectivity index (χ0v) is 12.5. The molecule has 0 aliphatic heterocycles. The molecule has 0 heterocycles. The van der Waals surface area contributed by atoms with Crippen LogP contribution in [0.15, 0.2) is 24.3 Å². The Kier molecular flexibility index (Phi) is 6.84. The Morgan fingerprint density at radius 3 is 2.71 bits per heavy atom. The maximum atomic E-state index is 11.5. The Morgan fingerprint density at radius 2 is 2.12 bits per heavy atom. The number of benzene rings is 1. The summed E-state index contributed by atoms with van der Waals surface area (Å²) in [6, 6.07) is 8.03. The molecule has 0 radical (unpaired) electrons. The van der Waals surface area contributed by atoms with E-state index in [1.54, 1.807) is 0 Å². The molecule has 0 bridgehead atoms. The van der Waals surface area contributed by atoms with Gasteiger partial charge < -0.3 is 10.1 Å². The van der Waals surface area contributed by atoms with Gasteiger partial charge in [-0.15, -0.1) is 11.6 Å². The summed E-state index contributed by atoms with van der Waals surface area (Å²) in [5.74, 6) is 0.279. The highest BCUT2D eigenvalue weighted by Gasteiger charge is 2.09. The van der Waals surface area contributed by atoms with Crippen LogP contribution in [0.25, 0.3) is 0 Å². The van der Waals surface area contributed by atoms with Crippen LogP contribution in [0.5, 0.6) is 0 Å². The van der Waals surface area contributed by atoms with Crippen molar-refractivity contribution in [3.63, 3.8) is 0 Å². The summed E-state index contributed by atoms with van der Waals surface area (Å²) >= 11 is 7.69. The van der Waals surface area contributed by atoms with Crippen LogP contribution in [0.3, 0.4) is 0 Å². The van der Waals surface area contributed by atoms with Crippen molar-refractivity contribution < 1.29 is 9.53 Å². The van der Waals surface area contributed by atoms with Crippen molar-refractivity contribution in [1.29, 1.82) is 0 Å². The third-order valence-electron chi connectivity index (χ3n) is 2.20. The van der Waals surface area contributed by atoms with E-state index in [1.165, 1.54) is 3.57 Å². The molecule has 17 heavy (non-hydrogen) atoms. The minimum atomic E-state index is -0.124. The summed E-state index contributed by atoms with van der Waals surface area (Å²) in [7, 11) is 0. The summed E-state index contributed by atoms with van der Waals surface area (Å²) in [6.07, 6.45) is 0. The van der Waals surface area contributed by atoms with E-state index in [-0.39, 0.29) is 18.6 Å². The minimum Gasteiger partial charge on any atom is -0.370 e. The quantitative estimate of drug-likeness (QED) is 0.477. The van der Waals surface area contributed by atoms with Crippen molar-refractivity contribution in [2.24, 2.45) is 0 Å². The van der Waals surface area contributed by atoms with Crippen LogP contribution < -0.4 is 5.32 Å². The summed E-state index contributed by atoms with van der Waals surface area (Å²) in [5, 5.41) is 2.87. The molecular formula is C12H15ClINO2. The van der Waals surface area contributed by atoms with Crippen LogP contribution in [0.1, 0.15) is 18.5 Å². The molecule has 1 amide bonds. The van der Waals surface area contributed by atoms with Gasteiger partial charge in [-0.05, 0) is 47.2 Å². The highest BCUT2D eigenvalue weighted by molar-refractivity contribution is 14.1. The number of amides is 1. The van der Waals surface area contributed by atoms with Gasteiger partial charge in [-0.2, -0.15) is 0 Å². The fourth-order valence-corrected chi connectivity index (χ4v) is 1.81. The zero-order valence-electron chi connectivity index (χ0n) is 9.58. The highest BCUT2D eigenvalue weighted by atomic mass is 127. The number of alkyl halides is 1. The van der Waals surface area contributed by atoms with Gasteiger partial charge in [-0.1, -0.05) is 12.1 Å². The number of carbonyl (C=O) groups excluding carboxylic acids is 1. The molecule has 0 aliphatic carbocycles. The SMILES string of the molecule is CC(NC(=O)COCCCl)c1ccc(I)cc1. The third kappa shape index (κ3) is 5.70. The summed E-state index contributed by atoms with van der Waals surface area (Å²) in [5.41, 5.74) is 1.08. The van der Waals surface area contributed by atoms with E-state index in [2.05, 4.69) is 27.9 Å². The number of hydrogen-bond acceptors (Lipinski definition) is 2. The van der Waals surface area contributed by atoms with E-state index in [0.717, 1.165) is 5.56 Å². The van der Waals surface area contributed by atoms with E-state index in [9.17, 15) is 4.79 Å². The second-order valence-electron chi connectivity index (χ2n) is 3.58. The fourth-order valence-electron chi connectivity index (χ4n) is 1.34. The zero-order chi connectivity index (χ0) is 12.7. The molecule has 1 unspecified atom stereocenters. The molecule has 0 fully saturated rings. The average Bonchev–Trinajstić information content (AvgIpc) is 2.30. The standard InChI is InChI=1S/C12H15ClINO2/c1-9(10-2-4-11(14)5-3-10)15-12(16)8-17-7-6-13/h2-5,9H,6-8H2,1H3,(H,15,16). The van der Waals surface area contributed by atoms with Crippen molar-refractivity contribution in [3.8, 4) is 0 Å². The van der Waals surface area contributed by atoms with Gasteiger partial charge >= 0.3 is 0 Å². The van der Waals surface area contributed by atoms with Gasteiger partial charge in [-0.3, -0.25) is 4.79 Å². The first-order valence-corrected chi connectivity index (χ1v) is 6.93. The van der Waals surface area contributed by atoms with Gasteiger partial charge in [-0.25, -0.2) is 0 Å². The van der Waals surface area contributed by atoms with Crippen molar-refractivity contribution in [2.45, 2.75) is 13.0 Å². The lowest BCUT2D eigenvalue weighted by atomic mass is 10.1. The van der Waals surface area contributed by atoms with Crippen LogP contribution in [0.4, 0.5) is 0 Å². The monoisotopic (exact) mass is 367 g/mol. The Hall–Kier alpha value is -0.330. The van der Waals surface area contributed by atoms with Crippen LogP contribution in [-0.4, -0.2) is 25.0 Å². The topological polar surface area (TPSA) is 38.3 Å². The third-order valence-corrected chi connectivity index (χ3v) is 3.08. The number of rotatable bonds is 6. The Morgan fingerprint density at radius 1 is 1.47 bits per heavy atom. The lowest BCUT2D eigenvalue weighted by Crippen LogP contribution is -2.30. The Labute approximate surface area is 120 Å². The molecule has 1 rings (SSSR count). The summed E-state index contributed by atoms with van der Waals surface area (Å²) in [4.78, 5) is 11.5. The molecular weight excluding hydrogens is 352 g/mol. The van der Waals surface area contributed by atoms with Crippen molar-refractivity contribution >= 4 is 40.1 Å². The first-order valence-electron chi connectivity index (χ1n) is 5.32. The maximum absolute atomic E-state index is 11.5. The van der Waals surface area contributed by atoms with Gasteiger partial charge in [0.2, 0.25) is 5.91 Å². The van der Waals surface area contributed by atoms with Gasteiger partial charge in [0.25, 0.3) is 0 Å². The minimum absolute atomic E-state index is 0.0147. The molecule has 1 aromatic rings. The van der Waals surface area contributed by atoms with E-state index < -0.39 is 0 Å². The van der Waals surface area contributed by atoms with Crippen molar-refractivity contribution in [1.82, 2.24) is 5.32 Å². The van der Waals surface area contributed by atoms with Gasteiger partial charge in [0.15, 0.2) is 0 Å². The molecule has 0 aromatic heterocycles. The number of nitrogens with one attached hydrogen (secondary N) is 1. The molecule has 0 spiro atoms.